The topological polar surface area (TPSA) is 84.9 Å². The monoisotopic (exact) mass is 562 g/mol. The van der Waals surface area contributed by atoms with Crippen LogP contribution in [0.15, 0.2) is 72.8 Å². The lowest BCUT2D eigenvalue weighted by atomic mass is 9.85. The number of benzene rings is 3. The Morgan fingerprint density at radius 2 is 1.60 bits per heavy atom. The summed E-state index contributed by atoms with van der Waals surface area (Å²) in [6, 6.07) is 20.3. The molecule has 3 unspecified atom stereocenters. The van der Waals surface area contributed by atoms with E-state index in [2.05, 4.69) is 26.1 Å². The molecule has 210 valence electrons. The minimum Gasteiger partial charge on any atom is -0.497 e. The first-order valence-electron chi connectivity index (χ1n) is 13.2. The van der Waals surface area contributed by atoms with Gasteiger partial charge in [-0.15, -0.1) is 0 Å². The van der Waals surface area contributed by atoms with E-state index in [0.29, 0.717) is 5.75 Å². The summed E-state index contributed by atoms with van der Waals surface area (Å²) in [7, 11) is 2.91. The van der Waals surface area contributed by atoms with E-state index in [1.165, 1.54) is 12.0 Å². The van der Waals surface area contributed by atoms with Gasteiger partial charge in [-0.2, -0.15) is 0 Å². The Bertz CT molecular complexity index is 1370. The second-order valence-electron chi connectivity index (χ2n) is 11.0. The fourth-order valence-corrected chi connectivity index (χ4v) is 5.36. The highest BCUT2D eigenvalue weighted by atomic mass is 35.5. The van der Waals surface area contributed by atoms with Crippen LogP contribution in [-0.4, -0.2) is 42.9 Å². The number of hydrogen-bond donors (Lipinski definition) is 1. The molecular formula is C32H35ClN2O5. The van der Waals surface area contributed by atoms with Gasteiger partial charge in [0.05, 0.1) is 36.8 Å². The van der Waals surface area contributed by atoms with Crippen LogP contribution >= 0.6 is 11.6 Å². The number of carbonyl (C=O) groups is 3. The third-order valence-electron chi connectivity index (χ3n) is 7.38. The molecule has 40 heavy (non-hydrogen) atoms. The Kier molecular flexibility index (Phi) is 8.84. The maximum atomic E-state index is 14.1. The standard InChI is InChI=1S/C32H35ClN2O5/c1-32(2,3)22-14-12-21(13-15-22)28-25(31(38)40-5)18-27(35(28)30(37)24-8-6-7-9-26(24)33)29(36)34-19-20-10-16-23(39-4)17-11-20/h6-17,25,27-28H,18-19H2,1-5H3,(H,34,36). The number of halogens is 1. The maximum absolute atomic E-state index is 14.1. The van der Waals surface area contributed by atoms with Crippen molar-refractivity contribution in [2.45, 2.75) is 51.2 Å². The van der Waals surface area contributed by atoms with Crippen molar-refractivity contribution in [2.75, 3.05) is 14.2 Å². The number of methoxy groups -OCH3 is 2. The number of nitrogens with zero attached hydrogens (tertiary/aromatic N) is 1. The van der Waals surface area contributed by atoms with Crippen LogP contribution in [-0.2, 0) is 26.3 Å². The smallest absolute Gasteiger partial charge is 0.311 e. The number of hydrogen-bond acceptors (Lipinski definition) is 5. The van der Waals surface area contributed by atoms with Crippen LogP contribution in [0, 0.1) is 5.92 Å². The van der Waals surface area contributed by atoms with Crippen molar-refractivity contribution >= 4 is 29.4 Å². The number of ether oxygens (including phenoxy) is 2. The van der Waals surface area contributed by atoms with Gasteiger partial charge in [0.1, 0.15) is 11.8 Å². The van der Waals surface area contributed by atoms with Crippen molar-refractivity contribution in [1.82, 2.24) is 10.2 Å². The molecule has 1 aliphatic rings. The van der Waals surface area contributed by atoms with Crippen LogP contribution in [0.25, 0.3) is 0 Å². The van der Waals surface area contributed by atoms with Crippen LogP contribution < -0.4 is 10.1 Å². The third kappa shape index (κ3) is 6.15. The molecule has 2 amide bonds. The van der Waals surface area contributed by atoms with Gasteiger partial charge in [0, 0.05) is 6.54 Å². The van der Waals surface area contributed by atoms with E-state index >= 15 is 0 Å². The Morgan fingerprint density at radius 1 is 0.950 bits per heavy atom. The van der Waals surface area contributed by atoms with Gasteiger partial charge >= 0.3 is 5.97 Å². The number of nitrogens with one attached hydrogen (secondary N) is 1. The molecule has 3 aromatic carbocycles. The molecule has 3 atom stereocenters. The number of amides is 2. The van der Waals surface area contributed by atoms with Crippen LogP contribution in [0.2, 0.25) is 5.02 Å². The van der Waals surface area contributed by atoms with Crippen molar-refractivity contribution < 1.29 is 23.9 Å². The molecule has 1 aliphatic heterocycles. The van der Waals surface area contributed by atoms with Gasteiger partial charge < -0.3 is 19.7 Å². The van der Waals surface area contributed by atoms with Gasteiger partial charge in [0.15, 0.2) is 0 Å². The number of rotatable bonds is 7. The van der Waals surface area contributed by atoms with Crippen LogP contribution in [0.5, 0.6) is 5.75 Å². The predicted molar refractivity (Wildman–Crippen MR) is 154 cm³/mol. The first-order valence-corrected chi connectivity index (χ1v) is 13.6. The van der Waals surface area contributed by atoms with E-state index < -0.39 is 29.9 Å². The van der Waals surface area contributed by atoms with Crippen LogP contribution in [0.4, 0.5) is 0 Å². The second kappa shape index (κ2) is 12.1. The minimum absolute atomic E-state index is 0.0765. The summed E-state index contributed by atoms with van der Waals surface area (Å²) in [5.74, 6) is -1.30. The van der Waals surface area contributed by atoms with Crippen LogP contribution in [0.3, 0.4) is 0 Å². The maximum Gasteiger partial charge on any atom is 0.311 e. The molecule has 0 radical (unpaired) electrons. The number of carbonyl (C=O) groups excluding carboxylic acids is 3. The second-order valence-corrected chi connectivity index (χ2v) is 11.4. The predicted octanol–water partition coefficient (Wildman–Crippen LogP) is 5.71. The van der Waals surface area contributed by atoms with Gasteiger partial charge in [-0.05, 0) is 52.8 Å². The van der Waals surface area contributed by atoms with Gasteiger partial charge in [0.25, 0.3) is 5.91 Å². The average molecular weight is 563 g/mol. The van der Waals surface area contributed by atoms with Crippen LogP contribution in [0.1, 0.15) is 60.3 Å². The molecule has 0 spiro atoms. The summed E-state index contributed by atoms with van der Waals surface area (Å²) in [5, 5.41) is 3.22. The Balaban J connectivity index is 1.73. The van der Waals surface area contributed by atoms with Crippen molar-refractivity contribution in [1.29, 1.82) is 0 Å². The lowest BCUT2D eigenvalue weighted by Gasteiger charge is -2.32. The normalized spacial score (nSPS) is 18.8. The van der Waals surface area contributed by atoms with E-state index in [0.717, 1.165) is 16.7 Å². The highest BCUT2D eigenvalue weighted by molar-refractivity contribution is 6.33. The number of esters is 1. The molecule has 0 bridgehead atoms. The van der Waals surface area contributed by atoms with Crippen molar-refractivity contribution in [3.63, 3.8) is 0 Å². The summed E-state index contributed by atoms with van der Waals surface area (Å²) in [6.07, 6.45) is 0.114. The Hall–Kier alpha value is -3.84. The summed E-state index contributed by atoms with van der Waals surface area (Å²) >= 11 is 6.43. The van der Waals surface area contributed by atoms with Gasteiger partial charge in [-0.25, -0.2) is 0 Å². The lowest BCUT2D eigenvalue weighted by molar-refractivity contribution is -0.146. The van der Waals surface area contributed by atoms with E-state index in [1.807, 2.05) is 48.5 Å². The van der Waals surface area contributed by atoms with Gasteiger partial charge in [-0.3, -0.25) is 14.4 Å². The molecule has 1 saturated heterocycles. The Labute approximate surface area is 240 Å². The molecule has 1 heterocycles. The molecule has 1 fully saturated rings. The summed E-state index contributed by atoms with van der Waals surface area (Å²) in [4.78, 5) is 42.3. The zero-order valence-electron chi connectivity index (χ0n) is 23.4. The van der Waals surface area contributed by atoms with E-state index in [-0.39, 0.29) is 34.9 Å². The zero-order chi connectivity index (χ0) is 29.0. The highest BCUT2D eigenvalue weighted by Gasteiger charge is 2.51. The lowest BCUT2D eigenvalue weighted by Crippen LogP contribution is -2.46. The molecule has 0 aliphatic carbocycles. The van der Waals surface area contributed by atoms with Crippen molar-refractivity contribution in [3.05, 3.63) is 100 Å². The van der Waals surface area contributed by atoms with Crippen molar-refractivity contribution in [2.24, 2.45) is 5.92 Å². The summed E-state index contributed by atoms with van der Waals surface area (Å²) in [5.41, 5.74) is 2.91. The largest absolute Gasteiger partial charge is 0.497 e. The first-order chi connectivity index (χ1) is 19.0. The fraction of sp³-hybridized carbons (Fsp3) is 0.344. The highest BCUT2D eigenvalue weighted by Crippen LogP contribution is 2.44. The van der Waals surface area contributed by atoms with E-state index in [9.17, 15) is 14.4 Å². The zero-order valence-corrected chi connectivity index (χ0v) is 24.2. The van der Waals surface area contributed by atoms with Crippen molar-refractivity contribution in [3.8, 4) is 5.75 Å². The minimum atomic E-state index is -0.918. The molecule has 0 saturated carbocycles. The van der Waals surface area contributed by atoms with Gasteiger partial charge in [0.2, 0.25) is 5.91 Å². The molecule has 7 nitrogen and oxygen atoms in total. The first kappa shape index (κ1) is 29.2. The summed E-state index contributed by atoms with van der Waals surface area (Å²) < 4.78 is 10.4. The Morgan fingerprint density at radius 3 is 2.17 bits per heavy atom. The molecule has 3 aromatic rings. The van der Waals surface area contributed by atoms with E-state index in [1.54, 1.807) is 31.4 Å². The summed E-state index contributed by atoms with van der Waals surface area (Å²) in [6.45, 7) is 6.60. The fourth-order valence-electron chi connectivity index (χ4n) is 5.15. The molecular weight excluding hydrogens is 528 g/mol. The molecule has 8 heteroatoms. The third-order valence-corrected chi connectivity index (χ3v) is 7.71. The SMILES string of the molecule is COC(=O)C1CC(C(=O)NCc2ccc(OC)cc2)N(C(=O)c2ccccc2Cl)C1c1ccc(C(C)(C)C)cc1. The molecule has 1 N–H and O–H groups in total. The van der Waals surface area contributed by atoms with Gasteiger partial charge in [-0.1, -0.05) is 80.9 Å². The quantitative estimate of drug-likeness (QED) is 0.373. The molecule has 0 aromatic heterocycles. The molecule has 4 rings (SSSR count). The van der Waals surface area contributed by atoms with E-state index in [4.69, 9.17) is 21.1 Å². The number of likely N-dealkylation sites (tertiary alicyclic amines) is 1. The average Bonchev–Trinajstić information content (AvgIpc) is 3.36.